The molecule has 0 saturated carbocycles. The van der Waals surface area contributed by atoms with E-state index in [0.29, 0.717) is 24.0 Å². The van der Waals surface area contributed by atoms with E-state index in [9.17, 15) is 4.79 Å². The van der Waals surface area contributed by atoms with Crippen molar-refractivity contribution in [1.82, 2.24) is 15.3 Å². The van der Waals surface area contributed by atoms with E-state index < -0.39 is 0 Å². The Morgan fingerprint density at radius 3 is 2.76 bits per heavy atom. The van der Waals surface area contributed by atoms with Gasteiger partial charge in [-0.05, 0) is 39.5 Å². The summed E-state index contributed by atoms with van der Waals surface area (Å²) in [5, 5.41) is 2.80. The fourth-order valence-corrected chi connectivity index (χ4v) is 2.60. The maximum atomic E-state index is 11.5. The molecule has 7 heteroatoms. The topological polar surface area (TPSA) is 102 Å². The predicted molar refractivity (Wildman–Crippen MR) is 101 cm³/mol. The van der Waals surface area contributed by atoms with Crippen LogP contribution >= 0.6 is 0 Å². The quantitative estimate of drug-likeness (QED) is 0.796. The van der Waals surface area contributed by atoms with Gasteiger partial charge in [0.25, 0.3) is 0 Å². The zero-order chi connectivity index (χ0) is 18.8. The lowest BCUT2D eigenvalue weighted by Gasteiger charge is -2.18. The van der Waals surface area contributed by atoms with Gasteiger partial charge in [0.2, 0.25) is 5.91 Å². The molecule has 25 heavy (non-hydrogen) atoms. The molecule has 1 amide bonds. The van der Waals surface area contributed by atoms with Crippen molar-refractivity contribution in [3.8, 4) is 0 Å². The first-order valence-corrected chi connectivity index (χ1v) is 8.93. The Labute approximate surface area is 150 Å². The first-order chi connectivity index (χ1) is 11.9. The molecule has 0 spiro atoms. The number of aromatic nitrogens is 2. The van der Waals surface area contributed by atoms with Crippen LogP contribution in [0.25, 0.3) is 0 Å². The number of amides is 1. The standard InChI is InChI=1S/C11H21NO2.C7H10N4/c1-4-8(3)9-6-7-10(14-9)11(13)12-5-2;1-3-9-6-5(2)10-4-11-7(6)8/h8-10H,4-7H2,1-3H3,(H,12,13);3-4H,1-2H3,(H2,8,10,11). The van der Waals surface area contributed by atoms with Gasteiger partial charge in [-0.2, -0.15) is 0 Å². The highest BCUT2D eigenvalue weighted by atomic mass is 16.5. The van der Waals surface area contributed by atoms with E-state index in [4.69, 9.17) is 10.5 Å². The Morgan fingerprint density at radius 1 is 1.48 bits per heavy atom. The Balaban J connectivity index is 0.000000257. The number of ether oxygens (including phenoxy) is 1. The van der Waals surface area contributed by atoms with E-state index in [1.807, 2.05) is 20.8 Å². The normalized spacial score (nSPS) is 20.8. The number of nitrogen functional groups attached to an aromatic ring is 1. The van der Waals surface area contributed by atoms with Gasteiger partial charge in [-0.1, -0.05) is 20.3 Å². The molecule has 3 atom stereocenters. The van der Waals surface area contributed by atoms with Gasteiger partial charge in [-0.3, -0.25) is 9.79 Å². The molecule has 3 unspecified atom stereocenters. The number of likely N-dealkylation sites (N-methyl/N-ethyl adjacent to an activating group) is 1. The molecular weight excluding hydrogens is 318 g/mol. The monoisotopic (exact) mass is 349 g/mol. The van der Waals surface area contributed by atoms with E-state index in [1.54, 1.807) is 6.21 Å². The summed E-state index contributed by atoms with van der Waals surface area (Å²) in [4.78, 5) is 23.3. The van der Waals surface area contributed by atoms with Crippen molar-refractivity contribution in [2.24, 2.45) is 10.9 Å². The van der Waals surface area contributed by atoms with Gasteiger partial charge in [0, 0.05) is 12.8 Å². The molecule has 1 aliphatic rings. The van der Waals surface area contributed by atoms with Gasteiger partial charge in [-0.15, -0.1) is 0 Å². The largest absolute Gasteiger partial charge is 0.382 e. The smallest absolute Gasteiger partial charge is 0.249 e. The summed E-state index contributed by atoms with van der Waals surface area (Å²) < 4.78 is 5.72. The number of carbonyl (C=O) groups is 1. The van der Waals surface area contributed by atoms with Crippen molar-refractivity contribution in [2.75, 3.05) is 12.3 Å². The second-order valence-electron chi connectivity index (χ2n) is 6.10. The third-order valence-electron chi connectivity index (χ3n) is 4.27. The number of nitrogens with one attached hydrogen (secondary N) is 1. The summed E-state index contributed by atoms with van der Waals surface area (Å²) in [5.41, 5.74) is 7.01. The third-order valence-corrected chi connectivity index (χ3v) is 4.27. The van der Waals surface area contributed by atoms with E-state index in [1.165, 1.54) is 6.33 Å². The number of carbonyl (C=O) groups excluding carboxylic acids is 1. The summed E-state index contributed by atoms with van der Waals surface area (Å²) in [6.45, 7) is 10.6. The van der Waals surface area contributed by atoms with Crippen LogP contribution in [-0.4, -0.2) is 40.8 Å². The van der Waals surface area contributed by atoms with E-state index >= 15 is 0 Å². The highest BCUT2D eigenvalue weighted by Crippen LogP contribution is 2.27. The van der Waals surface area contributed by atoms with Crippen molar-refractivity contribution in [2.45, 2.75) is 66.1 Å². The Hall–Kier alpha value is -2.02. The molecular formula is C18H31N5O2. The van der Waals surface area contributed by atoms with Gasteiger partial charge in [0.1, 0.15) is 18.1 Å². The van der Waals surface area contributed by atoms with Crippen LogP contribution in [0, 0.1) is 12.8 Å². The Bertz CT molecular complexity index is 556. The van der Waals surface area contributed by atoms with Crippen molar-refractivity contribution >= 4 is 23.6 Å². The van der Waals surface area contributed by atoms with Gasteiger partial charge in [0.05, 0.1) is 11.8 Å². The Morgan fingerprint density at radius 2 is 2.20 bits per heavy atom. The number of hydrogen-bond donors (Lipinski definition) is 2. The molecule has 2 rings (SSSR count). The van der Waals surface area contributed by atoms with Crippen molar-refractivity contribution in [1.29, 1.82) is 0 Å². The van der Waals surface area contributed by atoms with Crippen LogP contribution in [0.15, 0.2) is 11.3 Å². The first-order valence-electron chi connectivity index (χ1n) is 8.93. The van der Waals surface area contributed by atoms with Gasteiger partial charge in [-0.25, -0.2) is 9.97 Å². The number of aryl methyl sites for hydroxylation is 1. The average molecular weight is 349 g/mol. The maximum absolute atomic E-state index is 11.5. The van der Waals surface area contributed by atoms with Crippen LogP contribution in [-0.2, 0) is 9.53 Å². The van der Waals surface area contributed by atoms with Crippen LogP contribution in [0.3, 0.4) is 0 Å². The van der Waals surface area contributed by atoms with Gasteiger partial charge >= 0.3 is 0 Å². The molecule has 0 aliphatic carbocycles. The van der Waals surface area contributed by atoms with Gasteiger partial charge < -0.3 is 15.8 Å². The number of nitrogens with zero attached hydrogens (tertiary/aromatic N) is 3. The van der Waals surface area contributed by atoms with E-state index in [2.05, 4.69) is 34.1 Å². The number of aliphatic imine (C=N–C) groups is 1. The zero-order valence-corrected chi connectivity index (χ0v) is 16.0. The highest BCUT2D eigenvalue weighted by Gasteiger charge is 2.32. The van der Waals surface area contributed by atoms with Crippen LogP contribution in [0.1, 0.15) is 52.7 Å². The lowest BCUT2D eigenvalue weighted by molar-refractivity contribution is -0.132. The predicted octanol–water partition coefficient (Wildman–Crippen LogP) is 2.81. The Kier molecular flexibility index (Phi) is 9.05. The minimum atomic E-state index is -0.200. The molecule has 1 aromatic rings. The number of anilines is 1. The zero-order valence-electron chi connectivity index (χ0n) is 16.0. The van der Waals surface area contributed by atoms with Crippen LogP contribution in [0.4, 0.5) is 11.5 Å². The molecule has 1 aliphatic heterocycles. The molecule has 0 bridgehead atoms. The summed E-state index contributed by atoms with van der Waals surface area (Å²) in [5.74, 6) is 1.04. The SMILES string of the molecule is CC=Nc1c(C)ncnc1N.CCNC(=O)C1CCC(C(C)CC)O1. The average Bonchev–Trinajstić information content (AvgIpc) is 3.09. The lowest BCUT2D eigenvalue weighted by Crippen LogP contribution is -2.35. The molecule has 1 aromatic heterocycles. The number of hydrogen-bond acceptors (Lipinski definition) is 6. The van der Waals surface area contributed by atoms with Crippen molar-refractivity contribution in [3.05, 3.63) is 12.0 Å². The van der Waals surface area contributed by atoms with Crippen LogP contribution in [0.5, 0.6) is 0 Å². The first kappa shape index (κ1) is 21.0. The second kappa shape index (κ2) is 10.8. The fourth-order valence-electron chi connectivity index (χ4n) is 2.60. The lowest BCUT2D eigenvalue weighted by atomic mass is 9.99. The molecule has 1 fully saturated rings. The number of rotatable bonds is 5. The molecule has 0 radical (unpaired) electrons. The molecule has 140 valence electrons. The second-order valence-corrected chi connectivity index (χ2v) is 6.10. The highest BCUT2D eigenvalue weighted by molar-refractivity contribution is 5.80. The van der Waals surface area contributed by atoms with E-state index in [-0.39, 0.29) is 18.1 Å². The molecule has 0 aromatic carbocycles. The summed E-state index contributed by atoms with van der Waals surface area (Å²) in [7, 11) is 0. The summed E-state index contributed by atoms with van der Waals surface area (Å²) in [6.07, 6.45) is 6.20. The molecule has 1 saturated heterocycles. The maximum Gasteiger partial charge on any atom is 0.249 e. The number of nitrogens with two attached hydrogens (primary N) is 1. The van der Waals surface area contributed by atoms with Crippen molar-refractivity contribution < 1.29 is 9.53 Å². The van der Waals surface area contributed by atoms with Crippen LogP contribution < -0.4 is 11.1 Å². The minimum absolute atomic E-state index is 0.0540. The minimum Gasteiger partial charge on any atom is -0.382 e. The molecule has 3 N–H and O–H groups in total. The fraction of sp³-hybridized carbons (Fsp3) is 0.667. The van der Waals surface area contributed by atoms with Crippen molar-refractivity contribution in [3.63, 3.8) is 0 Å². The summed E-state index contributed by atoms with van der Waals surface area (Å²) in [6, 6.07) is 0. The summed E-state index contributed by atoms with van der Waals surface area (Å²) >= 11 is 0. The molecule has 2 heterocycles. The molecule has 7 nitrogen and oxygen atoms in total. The third kappa shape index (κ3) is 6.42. The van der Waals surface area contributed by atoms with E-state index in [0.717, 1.165) is 25.0 Å². The van der Waals surface area contributed by atoms with Crippen LogP contribution in [0.2, 0.25) is 0 Å². The van der Waals surface area contributed by atoms with Gasteiger partial charge in [0.15, 0.2) is 5.82 Å².